The van der Waals surface area contributed by atoms with Crippen molar-refractivity contribution in [1.82, 2.24) is 0 Å². The summed E-state index contributed by atoms with van der Waals surface area (Å²) >= 11 is 0. The van der Waals surface area contributed by atoms with E-state index in [1.807, 2.05) is 61.5 Å². The molecule has 0 atom stereocenters. The van der Waals surface area contributed by atoms with Crippen molar-refractivity contribution in [2.75, 3.05) is 10.8 Å². The molecule has 0 aliphatic rings. The minimum atomic E-state index is -3.45. The van der Waals surface area contributed by atoms with Crippen LogP contribution in [0, 0.1) is 6.92 Å². The van der Waals surface area contributed by atoms with Crippen molar-refractivity contribution in [1.29, 1.82) is 0 Å². The van der Waals surface area contributed by atoms with E-state index in [2.05, 4.69) is 6.58 Å². The van der Waals surface area contributed by atoms with Gasteiger partial charge in [-0.25, -0.2) is 8.42 Å². The van der Waals surface area contributed by atoms with Crippen molar-refractivity contribution in [3.8, 4) is 0 Å². The second-order valence-electron chi connectivity index (χ2n) is 4.85. The van der Waals surface area contributed by atoms with Gasteiger partial charge in [0.2, 0.25) is 10.0 Å². The van der Waals surface area contributed by atoms with E-state index >= 15 is 0 Å². The summed E-state index contributed by atoms with van der Waals surface area (Å²) < 4.78 is 26.9. The Morgan fingerprint density at radius 2 is 1.67 bits per heavy atom. The minimum Gasteiger partial charge on any atom is -0.266 e. The molecule has 0 heterocycles. The van der Waals surface area contributed by atoms with Crippen molar-refractivity contribution in [3.05, 3.63) is 78.4 Å². The van der Waals surface area contributed by atoms with Crippen molar-refractivity contribution in [3.63, 3.8) is 0 Å². The standard InChI is InChI=1S/C17H19NO2S/c1-3-13-18(17-12-8-7-9-15(17)2)21(19,20)14-16-10-5-4-6-11-16/h3-12H,1,13-14H2,2H3. The molecule has 0 bridgehead atoms. The third kappa shape index (κ3) is 3.73. The summed E-state index contributed by atoms with van der Waals surface area (Å²) in [6, 6.07) is 16.7. The molecule has 3 nitrogen and oxygen atoms in total. The first-order valence-corrected chi connectivity index (χ1v) is 8.36. The highest BCUT2D eigenvalue weighted by molar-refractivity contribution is 7.92. The maximum absolute atomic E-state index is 12.7. The molecule has 0 amide bonds. The van der Waals surface area contributed by atoms with Gasteiger partial charge in [0.15, 0.2) is 0 Å². The van der Waals surface area contributed by atoms with E-state index in [0.717, 1.165) is 11.1 Å². The molecule has 21 heavy (non-hydrogen) atoms. The van der Waals surface area contributed by atoms with Gasteiger partial charge in [0.05, 0.1) is 18.0 Å². The van der Waals surface area contributed by atoms with Crippen LogP contribution in [0.4, 0.5) is 5.69 Å². The molecule has 0 unspecified atom stereocenters. The van der Waals surface area contributed by atoms with Crippen LogP contribution in [0.3, 0.4) is 0 Å². The fourth-order valence-electron chi connectivity index (χ4n) is 2.19. The molecule has 2 aromatic carbocycles. The van der Waals surface area contributed by atoms with Gasteiger partial charge in [-0.3, -0.25) is 4.31 Å². The van der Waals surface area contributed by atoms with E-state index in [1.54, 1.807) is 6.08 Å². The predicted molar refractivity (Wildman–Crippen MR) is 87.8 cm³/mol. The lowest BCUT2D eigenvalue weighted by Gasteiger charge is -2.24. The van der Waals surface area contributed by atoms with Crippen LogP contribution in [0.25, 0.3) is 0 Å². The van der Waals surface area contributed by atoms with Crippen molar-refractivity contribution < 1.29 is 8.42 Å². The van der Waals surface area contributed by atoms with Gasteiger partial charge in [-0.1, -0.05) is 54.6 Å². The summed E-state index contributed by atoms with van der Waals surface area (Å²) in [5.41, 5.74) is 2.41. The molecule has 2 aromatic rings. The lowest BCUT2D eigenvalue weighted by atomic mass is 10.2. The molecular weight excluding hydrogens is 282 g/mol. The summed E-state index contributed by atoms with van der Waals surface area (Å²) in [6.45, 7) is 5.84. The molecule has 110 valence electrons. The van der Waals surface area contributed by atoms with Gasteiger partial charge in [0.1, 0.15) is 0 Å². The Balaban J connectivity index is 2.37. The van der Waals surface area contributed by atoms with Crippen molar-refractivity contribution in [2.24, 2.45) is 0 Å². The van der Waals surface area contributed by atoms with Gasteiger partial charge in [-0.05, 0) is 24.1 Å². The van der Waals surface area contributed by atoms with Gasteiger partial charge in [0.25, 0.3) is 0 Å². The van der Waals surface area contributed by atoms with Crippen LogP contribution in [0.1, 0.15) is 11.1 Å². The highest BCUT2D eigenvalue weighted by Crippen LogP contribution is 2.24. The lowest BCUT2D eigenvalue weighted by molar-refractivity contribution is 0.592. The third-order valence-corrected chi connectivity index (χ3v) is 4.92. The van der Waals surface area contributed by atoms with Crippen LogP contribution < -0.4 is 4.31 Å². The van der Waals surface area contributed by atoms with Gasteiger partial charge < -0.3 is 0 Å². The zero-order valence-electron chi connectivity index (χ0n) is 12.1. The summed E-state index contributed by atoms with van der Waals surface area (Å²) in [5, 5.41) is 0. The summed E-state index contributed by atoms with van der Waals surface area (Å²) in [4.78, 5) is 0. The molecular formula is C17H19NO2S. The number of aryl methyl sites for hydroxylation is 1. The monoisotopic (exact) mass is 301 g/mol. The molecule has 2 rings (SSSR count). The van der Waals surface area contributed by atoms with E-state index in [4.69, 9.17) is 0 Å². The van der Waals surface area contributed by atoms with E-state index in [9.17, 15) is 8.42 Å². The van der Waals surface area contributed by atoms with Crippen LogP contribution >= 0.6 is 0 Å². The Labute approximate surface area is 126 Å². The number of hydrogen-bond acceptors (Lipinski definition) is 2. The maximum atomic E-state index is 12.7. The largest absolute Gasteiger partial charge is 0.266 e. The quantitative estimate of drug-likeness (QED) is 0.766. The fraction of sp³-hybridized carbons (Fsp3) is 0.176. The number of benzene rings is 2. The van der Waals surface area contributed by atoms with Crippen molar-refractivity contribution >= 4 is 15.7 Å². The average Bonchev–Trinajstić information content (AvgIpc) is 2.46. The first kappa shape index (κ1) is 15.3. The van der Waals surface area contributed by atoms with Crippen LogP contribution in [0.5, 0.6) is 0 Å². The average molecular weight is 301 g/mol. The topological polar surface area (TPSA) is 37.4 Å². The molecule has 4 heteroatoms. The van der Waals surface area contributed by atoms with Crippen LogP contribution in [-0.2, 0) is 15.8 Å². The molecule has 0 fully saturated rings. The van der Waals surface area contributed by atoms with E-state index in [1.165, 1.54) is 4.31 Å². The second-order valence-corrected chi connectivity index (χ2v) is 6.74. The summed E-state index contributed by atoms with van der Waals surface area (Å²) in [7, 11) is -3.45. The first-order chi connectivity index (χ1) is 10.0. The molecule has 0 saturated carbocycles. The van der Waals surface area contributed by atoms with Crippen LogP contribution in [0.15, 0.2) is 67.3 Å². The van der Waals surface area contributed by atoms with Gasteiger partial charge in [-0.2, -0.15) is 0 Å². The third-order valence-electron chi connectivity index (χ3n) is 3.21. The van der Waals surface area contributed by atoms with Crippen molar-refractivity contribution in [2.45, 2.75) is 12.7 Å². The molecule has 0 saturated heterocycles. The van der Waals surface area contributed by atoms with E-state index in [0.29, 0.717) is 5.69 Å². The highest BCUT2D eigenvalue weighted by atomic mass is 32.2. The number of sulfonamides is 1. The molecule has 0 radical (unpaired) electrons. The molecule has 0 N–H and O–H groups in total. The smallest absolute Gasteiger partial charge is 0.239 e. The zero-order valence-corrected chi connectivity index (χ0v) is 12.9. The normalized spacial score (nSPS) is 11.1. The maximum Gasteiger partial charge on any atom is 0.239 e. The SMILES string of the molecule is C=CCN(c1ccccc1C)S(=O)(=O)Cc1ccccc1. The minimum absolute atomic E-state index is 0.0178. The zero-order chi connectivity index (χ0) is 15.3. The predicted octanol–water partition coefficient (Wildman–Crippen LogP) is 3.52. The van der Waals surface area contributed by atoms with Gasteiger partial charge >= 0.3 is 0 Å². The second kappa shape index (κ2) is 6.59. The summed E-state index contributed by atoms with van der Waals surface area (Å²) in [5.74, 6) is -0.0178. The van der Waals surface area contributed by atoms with Gasteiger partial charge in [0, 0.05) is 0 Å². The number of anilines is 1. The lowest BCUT2D eigenvalue weighted by Crippen LogP contribution is -2.32. The number of rotatable bonds is 6. The number of hydrogen-bond donors (Lipinski definition) is 0. The Kier molecular flexibility index (Phi) is 4.81. The number of nitrogens with zero attached hydrogens (tertiary/aromatic N) is 1. The Morgan fingerprint density at radius 3 is 2.29 bits per heavy atom. The molecule has 0 aromatic heterocycles. The first-order valence-electron chi connectivity index (χ1n) is 6.75. The molecule has 0 spiro atoms. The molecule has 0 aliphatic carbocycles. The number of para-hydroxylation sites is 1. The van der Waals surface area contributed by atoms with Gasteiger partial charge in [-0.15, -0.1) is 6.58 Å². The van der Waals surface area contributed by atoms with Crippen LogP contribution in [0.2, 0.25) is 0 Å². The molecule has 0 aliphatic heterocycles. The Bertz CT molecular complexity index is 709. The fourth-order valence-corrected chi connectivity index (χ4v) is 3.79. The Hall–Kier alpha value is -2.07. The van der Waals surface area contributed by atoms with Crippen LogP contribution in [-0.4, -0.2) is 15.0 Å². The summed E-state index contributed by atoms with van der Waals surface area (Å²) in [6.07, 6.45) is 1.61. The highest BCUT2D eigenvalue weighted by Gasteiger charge is 2.22. The Morgan fingerprint density at radius 1 is 1.05 bits per heavy atom. The van der Waals surface area contributed by atoms with E-state index < -0.39 is 10.0 Å². The van der Waals surface area contributed by atoms with E-state index in [-0.39, 0.29) is 12.3 Å².